The average Bonchev–Trinajstić information content (AvgIpc) is 3.10. The minimum absolute atomic E-state index is 0.0543. The normalized spacial score (nSPS) is 15.7. The number of aromatic nitrogens is 3. The van der Waals surface area contributed by atoms with Gasteiger partial charge in [0, 0.05) is 25.5 Å². The number of pyridine rings is 1. The number of hydrogen-bond acceptors (Lipinski definition) is 5. The highest BCUT2D eigenvalue weighted by Gasteiger charge is 2.25. The molecule has 7 heteroatoms. The Morgan fingerprint density at radius 1 is 1.35 bits per heavy atom. The number of hydrogen-bond donors (Lipinski definition) is 1. The quantitative estimate of drug-likeness (QED) is 0.790. The van der Waals surface area contributed by atoms with Crippen LogP contribution in [0.1, 0.15) is 16.1 Å². The molecule has 0 unspecified atom stereocenters. The minimum Gasteiger partial charge on any atom is -0.364 e. The van der Waals surface area contributed by atoms with Crippen LogP contribution in [0.4, 0.5) is 0 Å². The molecule has 1 fully saturated rings. The molecule has 0 spiro atoms. The molecule has 0 aromatic carbocycles. The molecule has 0 atom stereocenters. The van der Waals surface area contributed by atoms with Crippen molar-refractivity contribution in [2.24, 2.45) is 0 Å². The van der Waals surface area contributed by atoms with Crippen molar-refractivity contribution in [1.29, 1.82) is 0 Å². The zero-order chi connectivity index (χ0) is 16.0. The van der Waals surface area contributed by atoms with Crippen molar-refractivity contribution < 1.29 is 9.32 Å². The summed E-state index contributed by atoms with van der Waals surface area (Å²) in [6, 6.07) is 3.87. The first-order chi connectivity index (χ1) is 11.1. The monoisotopic (exact) mass is 311 g/mol. The second-order valence-corrected chi connectivity index (χ2v) is 6.01. The molecule has 4 heterocycles. The molecule has 3 aromatic heterocycles. The molecule has 1 aliphatic rings. The third-order valence-electron chi connectivity index (χ3n) is 4.14. The molecular weight excluding hydrogens is 294 g/mol. The van der Waals surface area contributed by atoms with Crippen molar-refractivity contribution in [2.45, 2.75) is 13.0 Å². The van der Waals surface area contributed by atoms with Crippen molar-refractivity contribution in [3.8, 4) is 11.3 Å². The first kappa shape index (κ1) is 14.0. The largest absolute Gasteiger partial charge is 0.364 e. The molecule has 7 nitrogen and oxygen atoms in total. The van der Waals surface area contributed by atoms with Gasteiger partial charge >= 0.3 is 0 Å². The molecule has 0 aliphatic carbocycles. The summed E-state index contributed by atoms with van der Waals surface area (Å²) in [5.74, 6) is -0.0543. The van der Waals surface area contributed by atoms with Crippen LogP contribution in [0.2, 0.25) is 0 Å². The Kier molecular flexibility index (Phi) is 3.16. The van der Waals surface area contributed by atoms with E-state index in [4.69, 9.17) is 4.52 Å². The number of rotatable bonds is 3. The van der Waals surface area contributed by atoms with Gasteiger partial charge in [-0.1, -0.05) is 5.16 Å². The van der Waals surface area contributed by atoms with E-state index >= 15 is 0 Å². The second-order valence-electron chi connectivity index (χ2n) is 6.01. The van der Waals surface area contributed by atoms with E-state index in [0.29, 0.717) is 5.56 Å². The van der Waals surface area contributed by atoms with Crippen LogP contribution in [0.15, 0.2) is 35.3 Å². The van der Waals surface area contributed by atoms with Crippen molar-refractivity contribution in [3.05, 3.63) is 42.0 Å². The van der Waals surface area contributed by atoms with Crippen molar-refractivity contribution in [1.82, 2.24) is 24.8 Å². The number of carbonyl (C=O) groups is 1. The number of likely N-dealkylation sites (N-methyl/N-ethyl adjacent to an activating group) is 1. The van der Waals surface area contributed by atoms with Gasteiger partial charge in [0.25, 0.3) is 5.91 Å². The fourth-order valence-corrected chi connectivity index (χ4v) is 2.85. The molecule has 0 saturated carbocycles. The zero-order valence-corrected chi connectivity index (χ0v) is 13.0. The fraction of sp³-hybridized carbons (Fsp3) is 0.312. The third-order valence-corrected chi connectivity index (χ3v) is 4.14. The van der Waals surface area contributed by atoms with Crippen LogP contribution < -0.4 is 5.32 Å². The van der Waals surface area contributed by atoms with Gasteiger partial charge in [-0.3, -0.25) is 4.79 Å². The van der Waals surface area contributed by atoms with Crippen LogP contribution in [0.5, 0.6) is 0 Å². The van der Waals surface area contributed by atoms with Crippen LogP contribution in [0.25, 0.3) is 16.9 Å². The van der Waals surface area contributed by atoms with Crippen molar-refractivity contribution in [2.75, 3.05) is 20.1 Å². The van der Waals surface area contributed by atoms with Gasteiger partial charge in [0.1, 0.15) is 11.9 Å². The number of carbonyl (C=O) groups excluding carboxylic acids is 1. The Morgan fingerprint density at radius 2 is 2.17 bits per heavy atom. The van der Waals surface area contributed by atoms with Crippen LogP contribution in [-0.4, -0.2) is 51.5 Å². The van der Waals surface area contributed by atoms with Gasteiger partial charge in [-0.15, -0.1) is 0 Å². The topological polar surface area (TPSA) is 75.7 Å². The number of fused-ring (bicyclic) bond motifs is 1. The van der Waals surface area contributed by atoms with Gasteiger partial charge in [-0.2, -0.15) is 0 Å². The van der Waals surface area contributed by atoms with E-state index in [1.807, 2.05) is 30.6 Å². The average molecular weight is 311 g/mol. The maximum Gasteiger partial charge on any atom is 0.253 e. The first-order valence-electron chi connectivity index (χ1n) is 7.49. The predicted octanol–water partition coefficient (Wildman–Crippen LogP) is 1.34. The highest BCUT2D eigenvalue weighted by molar-refractivity contribution is 5.94. The summed E-state index contributed by atoms with van der Waals surface area (Å²) in [6.45, 7) is 3.67. The molecule has 1 saturated heterocycles. The van der Waals surface area contributed by atoms with Crippen molar-refractivity contribution in [3.63, 3.8) is 0 Å². The third kappa shape index (κ3) is 2.49. The molecule has 23 heavy (non-hydrogen) atoms. The number of amides is 1. The van der Waals surface area contributed by atoms with Crippen molar-refractivity contribution >= 4 is 11.6 Å². The fourth-order valence-electron chi connectivity index (χ4n) is 2.85. The van der Waals surface area contributed by atoms with Gasteiger partial charge in [0.2, 0.25) is 0 Å². The summed E-state index contributed by atoms with van der Waals surface area (Å²) in [6.07, 6.45) is 5.26. The molecule has 1 N–H and O–H groups in total. The molecular formula is C16H17N5O2. The predicted molar refractivity (Wildman–Crippen MR) is 84.2 cm³/mol. The van der Waals surface area contributed by atoms with E-state index in [1.165, 1.54) is 0 Å². The summed E-state index contributed by atoms with van der Waals surface area (Å²) < 4.78 is 6.81. The number of likely N-dealkylation sites (tertiary alicyclic amines) is 1. The number of nitrogens with one attached hydrogen (secondary N) is 1. The SMILES string of the molecule is Cc1nocc1-c1cn2cc(C(=O)NC3CN(C)C3)ccc2n1. The molecule has 3 aromatic rings. The summed E-state index contributed by atoms with van der Waals surface area (Å²) in [5.41, 5.74) is 3.83. The van der Waals surface area contributed by atoms with E-state index < -0.39 is 0 Å². The number of imidazole rings is 1. The van der Waals surface area contributed by atoms with Gasteiger partial charge in [0.05, 0.1) is 28.6 Å². The van der Waals surface area contributed by atoms with Gasteiger partial charge in [-0.05, 0) is 26.1 Å². The number of nitrogens with zero attached hydrogens (tertiary/aromatic N) is 4. The van der Waals surface area contributed by atoms with E-state index in [0.717, 1.165) is 35.7 Å². The van der Waals surface area contributed by atoms with Crippen LogP contribution in [0.3, 0.4) is 0 Å². The van der Waals surface area contributed by atoms with Crippen LogP contribution in [0, 0.1) is 6.92 Å². The zero-order valence-electron chi connectivity index (χ0n) is 13.0. The Bertz CT molecular complexity index is 876. The summed E-state index contributed by atoms with van der Waals surface area (Å²) in [4.78, 5) is 19.0. The lowest BCUT2D eigenvalue weighted by Gasteiger charge is -2.36. The van der Waals surface area contributed by atoms with E-state index in [1.54, 1.807) is 18.5 Å². The van der Waals surface area contributed by atoms with Crippen LogP contribution in [-0.2, 0) is 0 Å². The molecule has 1 amide bonds. The van der Waals surface area contributed by atoms with E-state index in [-0.39, 0.29) is 11.9 Å². The van der Waals surface area contributed by atoms with Gasteiger partial charge in [0.15, 0.2) is 0 Å². The van der Waals surface area contributed by atoms with Gasteiger partial charge < -0.3 is 19.1 Å². The Morgan fingerprint density at radius 3 is 2.87 bits per heavy atom. The van der Waals surface area contributed by atoms with Gasteiger partial charge in [-0.25, -0.2) is 4.98 Å². The molecule has 118 valence electrons. The Hall–Kier alpha value is -2.67. The summed E-state index contributed by atoms with van der Waals surface area (Å²) >= 11 is 0. The number of aryl methyl sites for hydroxylation is 1. The summed E-state index contributed by atoms with van der Waals surface area (Å²) in [5, 5.41) is 6.90. The molecule has 0 radical (unpaired) electrons. The lowest BCUT2D eigenvalue weighted by molar-refractivity contribution is 0.0857. The lowest BCUT2D eigenvalue weighted by Crippen LogP contribution is -2.57. The first-order valence-corrected chi connectivity index (χ1v) is 7.49. The Labute approximate surface area is 132 Å². The van der Waals surface area contributed by atoms with Crippen LogP contribution >= 0.6 is 0 Å². The second kappa shape index (κ2) is 5.20. The molecule has 4 rings (SSSR count). The maximum absolute atomic E-state index is 12.3. The standard InChI is InChI=1S/C16H17N5O2/c1-10-13(9-23-19-10)14-8-21-5-11(3-4-15(21)18-14)16(22)17-12-6-20(2)7-12/h3-5,8-9,12H,6-7H2,1-2H3,(H,17,22). The summed E-state index contributed by atoms with van der Waals surface area (Å²) in [7, 11) is 2.04. The lowest BCUT2D eigenvalue weighted by atomic mass is 10.1. The van der Waals surface area contributed by atoms with E-state index in [2.05, 4.69) is 20.4 Å². The highest BCUT2D eigenvalue weighted by Crippen LogP contribution is 2.22. The maximum atomic E-state index is 12.3. The van der Waals surface area contributed by atoms with E-state index in [9.17, 15) is 4.79 Å². The molecule has 0 bridgehead atoms. The molecule has 1 aliphatic heterocycles. The smallest absolute Gasteiger partial charge is 0.253 e. The highest BCUT2D eigenvalue weighted by atomic mass is 16.5. The Balaban J connectivity index is 1.60. The minimum atomic E-state index is -0.0543.